The summed E-state index contributed by atoms with van der Waals surface area (Å²) in [6, 6.07) is 10.7. The number of rotatable bonds is 9. The van der Waals surface area contributed by atoms with E-state index in [-0.39, 0.29) is 35.5 Å². The molecule has 36 heavy (non-hydrogen) atoms. The highest BCUT2D eigenvalue weighted by atomic mass is 32.2. The Bertz CT molecular complexity index is 1590. The van der Waals surface area contributed by atoms with Gasteiger partial charge in [0.25, 0.3) is 5.56 Å². The summed E-state index contributed by atoms with van der Waals surface area (Å²) in [5, 5.41) is 1.08. The largest absolute Gasteiger partial charge is 0.383 e. The summed E-state index contributed by atoms with van der Waals surface area (Å²) < 4.78 is 62.6. The minimum absolute atomic E-state index is 0.0401. The molecule has 4 rings (SSSR count). The maximum Gasteiger partial charge on any atom is 0.260 e. The Kier molecular flexibility index (Phi) is 7.67. The molecule has 0 aliphatic carbocycles. The predicted octanol–water partition coefficient (Wildman–Crippen LogP) is 4.05. The molecule has 0 atom stereocenters. The van der Waals surface area contributed by atoms with Gasteiger partial charge in [0.1, 0.15) is 17.3 Å². The van der Waals surface area contributed by atoms with Crippen LogP contribution in [0.4, 0.5) is 14.5 Å². The van der Waals surface area contributed by atoms with Crippen molar-refractivity contribution in [1.29, 1.82) is 0 Å². The molecular weight excluding hydrogens is 510 g/mol. The quantitative estimate of drug-likeness (QED) is 0.256. The molecule has 0 saturated carbocycles. The lowest BCUT2D eigenvalue weighted by atomic mass is 10.1. The third-order valence-electron chi connectivity index (χ3n) is 5.36. The standard InChI is InChI=1S/C24H22F2N4O4S2/c1-34-10-9-30-22-17(13-27-24(28-22)35-2)11-18(23(30)31)15-7-8-21(20(26)12-15)29-36(32,33)14-16-5-3-4-6-19(16)25/h3-8,11-13,29H,9-10,14H2,1-2H3. The van der Waals surface area contributed by atoms with E-state index in [1.54, 1.807) is 12.3 Å². The van der Waals surface area contributed by atoms with E-state index in [1.807, 2.05) is 6.26 Å². The first-order chi connectivity index (χ1) is 17.2. The monoisotopic (exact) mass is 532 g/mol. The zero-order valence-corrected chi connectivity index (χ0v) is 21.0. The number of hydrogen-bond donors (Lipinski definition) is 1. The molecule has 0 saturated heterocycles. The van der Waals surface area contributed by atoms with Crippen LogP contribution in [0.5, 0.6) is 0 Å². The Morgan fingerprint density at radius 3 is 2.58 bits per heavy atom. The lowest BCUT2D eigenvalue weighted by Crippen LogP contribution is -2.25. The van der Waals surface area contributed by atoms with Gasteiger partial charge in [-0.05, 0) is 36.1 Å². The van der Waals surface area contributed by atoms with Crippen molar-refractivity contribution in [3.8, 4) is 11.1 Å². The zero-order chi connectivity index (χ0) is 25.9. The van der Waals surface area contributed by atoms with Crippen molar-refractivity contribution in [2.24, 2.45) is 0 Å². The van der Waals surface area contributed by atoms with Crippen molar-refractivity contribution in [1.82, 2.24) is 14.5 Å². The molecule has 8 nitrogen and oxygen atoms in total. The van der Waals surface area contributed by atoms with E-state index in [1.165, 1.54) is 53.8 Å². The average molecular weight is 533 g/mol. The topological polar surface area (TPSA) is 103 Å². The molecule has 0 unspecified atom stereocenters. The first kappa shape index (κ1) is 25.7. The molecule has 2 heterocycles. The van der Waals surface area contributed by atoms with E-state index in [0.29, 0.717) is 16.2 Å². The van der Waals surface area contributed by atoms with Crippen molar-refractivity contribution >= 4 is 38.5 Å². The molecule has 1 N–H and O–H groups in total. The van der Waals surface area contributed by atoms with E-state index in [9.17, 15) is 22.0 Å². The van der Waals surface area contributed by atoms with Crippen LogP contribution in [0.2, 0.25) is 0 Å². The SMILES string of the molecule is COCCn1c(=O)c(-c2ccc(NS(=O)(=O)Cc3ccccc3F)c(F)c2)cc2cnc(SC)nc21. The highest BCUT2D eigenvalue weighted by Crippen LogP contribution is 2.26. The van der Waals surface area contributed by atoms with Crippen molar-refractivity contribution in [2.45, 2.75) is 17.5 Å². The van der Waals surface area contributed by atoms with Gasteiger partial charge in [-0.25, -0.2) is 27.2 Å². The molecule has 2 aromatic carbocycles. The second-order valence-corrected chi connectivity index (χ2v) is 10.3. The Labute approximate surface area is 210 Å². The van der Waals surface area contributed by atoms with Crippen LogP contribution in [0.15, 0.2) is 64.7 Å². The van der Waals surface area contributed by atoms with Gasteiger partial charge in [-0.2, -0.15) is 0 Å². The van der Waals surface area contributed by atoms with Crippen LogP contribution in [0, 0.1) is 11.6 Å². The third kappa shape index (κ3) is 5.55. The summed E-state index contributed by atoms with van der Waals surface area (Å²) >= 11 is 1.34. The number of pyridine rings is 1. The molecule has 0 spiro atoms. The number of nitrogens with one attached hydrogen (secondary N) is 1. The van der Waals surface area contributed by atoms with Crippen molar-refractivity contribution < 1.29 is 21.9 Å². The zero-order valence-electron chi connectivity index (χ0n) is 19.4. The summed E-state index contributed by atoms with van der Waals surface area (Å²) in [4.78, 5) is 22.0. The number of aromatic nitrogens is 3. The molecular formula is C24H22F2N4O4S2. The normalized spacial score (nSPS) is 11.7. The summed E-state index contributed by atoms with van der Waals surface area (Å²) in [7, 11) is -2.58. The van der Waals surface area contributed by atoms with Gasteiger partial charge < -0.3 is 4.74 Å². The molecule has 2 aromatic heterocycles. The molecule has 12 heteroatoms. The Hall–Kier alpha value is -3.35. The van der Waals surface area contributed by atoms with Crippen LogP contribution >= 0.6 is 11.8 Å². The van der Waals surface area contributed by atoms with E-state index >= 15 is 0 Å². The summed E-state index contributed by atoms with van der Waals surface area (Å²) in [6.07, 6.45) is 3.41. The van der Waals surface area contributed by atoms with Crippen molar-refractivity contribution in [2.75, 3.05) is 24.7 Å². The van der Waals surface area contributed by atoms with Crippen LogP contribution < -0.4 is 10.3 Å². The number of nitrogens with zero attached hydrogens (tertiary/aromatic N) is 3. The maximum atomic E-state index is 15.0. The molecule has 0 amide bonds. The Balaban J connectivity index is 1.70. The van der Waals surface area contributed by atoms with E-state index in [2.05, 4.69) is 14.7 Å². The molecule has 4 aromatic rings. The van der Waals surface area contributed by atoms with Crippen molar-refractivity contribution in [3.05, 3.63) is 82.3 Å². The molecule has 188 valence electrons. The average Bonchev–Trinajstić information content (AvgIpc) is 2.85. The number of ether oxygens (including phenoxy) is 1. The third-order valence-corrected chi connectivity index (χ3v) is 7.14. The highest BCUT2D eigenvalue weighted by molar-refractivity contribution is 7.98. The second kappa shape index (κ2) is 10.7. The lowest BCUT2D eigenvalue weighted by Gasteiger charge is -2.14. The van der Waals surface area contributed by atoms with Crippen LogP contribution in [-0.4, -0.2) is 42.9 Å². The van der Waals surface area contributed by atoms with Gasteiger partial charge in [0.05, 0.1) is 24.6 Å². The van der Waals surface area contributed by atoms with E-state index < -0.39 is 33.0 Å². The summed E-state index contributed by atoms with van der Waals surface area (Å²) in [5.74, 6) is -2.22. The maximum absolute atomic E-state index is 15.0. The van der Waals surface area contributed by atoms with Crippen molar-refractivity contribution in [3.63, 3.8) is 0 Å². The van der Waals surface area contributed by atoms with Crippen LogP contribution in [0.25, 0.3) is 22.2 Å². The minimum atomic E-state index is -4.10. The molecule has 0 bridgehead atoms. The van der Waals surface area contributed by atoms with Gasteiger partial charge in [0.15, 0.2) is 5.16 Å². The van der Waals surface area contributed by atoms with Gasteiger partial charge in [-0.3, -0.25) is 14.1 Å². The highest BCUT2D eigenvalue weighted by Gasteiger charge is 2.19. The molecule has 0 radical (unpaired) electrons. The lowest BCUT2D eigenvalue weighted by molar-refractivity contribution is 0.187. The number of anilines is 1. The smallest absolute Gasteiger partial charge is 0.260 e. The van der Waals surface area contributed by atoms with Gasteiger partial charge in [0.2, 0.25) is 10.0 Å². The van der Waals surface area contributed by atoms with Crippen LogP contribution in [0.3, 0.4) is 0 Å². The minimum Gasteiger partial charge on any atom is -0.383 e. The van der Waals surface area contributed by atoms with Crippen LogP contribution in [-0.2, 0) is 27.1 Å². The summed E-state index contributed by atoms with van der Waals surface area (Å²) in [5.41, 5.74) is 0.108. The number of halogens is 2. The van der Waals surface area contributed by atoms with Gasteiger partial charge in [0, 0.05) is 29.8 Å². The fraction of sp³-hybridized carbons (Fsp3) is 0.208. The van der Waals surface area contributed by atoms with Gasteiger partial charge in [-0.15, -0.1) is 0 Å². The number of methoxy groups -OCH3 is 1. The van der Waals surface area contributed by atoms with Crippen LogP contribution in [0.1, 0.15) is 5.56 Å². The Morgan fingerprint density at radius 2 is 1.89 bits per heavy atom. The number of fused-ring (bicyclic) bond motifs is 1. The summed E-state index contributed by atoms with van der Waals surface area (Å²) in [6.45, 7) is 0.481. The predicted molar refractivity (Wildman–Crippen MR) is 135 cm³/mol. The molecule has 0 aliphatic rings. The van der Waals surface area contributed by atoms with Gasteiger partial charge >= 0.3 is 0 Å². The first-order valence-electron chi connectivity index (χ1n) is 10.7. The Morgan fingerprint density at radius 1 is 1.11 bits per heavy atom. The number of hydrogen-bond acceptors (Lipinski definition) is 7. The fourth-order valence-corrected chi connectivity index (χ4v) is 5.18. The first-order valence-corrected chi connectivity index (χ1v) is 13.6. The van der Waals surface area contributed by atoms with E-state index in [0.717, 1.165) is 12.1 Å². The van der Waals surface area contributed by atoms with E-state index in [4.69, 9.17) is 4.74 Å². The number of thioether (sulfide) groups is 1. The molecule has 0 aliphatic heterocycles. The molecule has 0 fully saturated rings. The fourth-order valence-electron chi connectivity index (χ4n) is 3.63. The second-order valence-electron chi connectivity index (χ2n) is 7.79. The number of sulfonamides is 1. The number of benzene rings is 2. The van der Waals surface area contributed by atoms with Gasteiger partial charge in [-0.1, -0.05) is 36.0 Å².